The molecular weight excluding hydrogens is 361 g/mol. The Balaban J connectivity index is 1.75. The molecule has 2 rings (SSSR count). The van der Waals surface area contributed by atoms with Crippen LogP contribution < -0.4 is 5.32 Å². The van der Waals surface area contributed by atoms with Gasteiger partial charge in [0.25, 0.3) is 5.91 Å². The Labute approximate surface area is 157 Å². The number of rotatable bonds is 7. The molecule has 1 N–H and O–H groups in total. The van der Waals surface area contributed by atoms with E-state index in [9.17, 15) is 9.59 Å². The number of aryl methyl sites for hydroxylation is 1. The zero-order valence-corrected chi connectivity index (χ0v) is 15.3. The molecule has 0 spiro atoms. The second-order valence-electron chi connectivity index (χ2n) is 5.73. The average Bonchev–Trinajstić information content (AvgIpc) is 2.58. The topological polar surface area (TPSA) is 55.4 Å². The van der Waals surface area contributed by atoms with Crippen LogP contribution in [0.25, 0.3) is 0 Å². The maximum Gasteiger partial charge on any atom is 0.338 e. The Morgan fingerprint density at radius 3 is 2.36 bits per heavy atom. The third-order valence-electron chi connectivity index (χ3n) is 3.55. The molecule has 0 unspecified atom stereocenters. The van der Waals surface area contributed by atoms with Gasteiger partial charge in [0.1, 0.15) is 0 Å². The van der Waals surface area contributed by atoms with Crippen LogP contribution in [0.5, 0.6) is 0 Å². The Hall–Kier alpha value is -2.04. The van der Waals surface area contributed by atoms with Crippen molar-refractivity contribution in [2.24, 2.45) is 0 Å². The minimum absolute atomic E-state index is 0.0213. The van der Waals surface area contributed by atoms with Crippen molar-refractivity contribution in [3.63, 3.8) is 0 Å². The Kier molecular flexibility index (Phi) is 7.29. The van der Waals surface area contributed by atoms with Crippen LogP contribution in [-0.2, 0) is 16.0 Å². The van der Waals surface area contributed by atoms with Crippen LogP contribution in [0.4, 0.5) is 0 Å². The van der Waals surface area contributed by atoms with Crippen LogP contribution in [-0.4, -0.2) is 24.5 Å². The van der Waals surface area contributed by atoms with E-state index in [1.54, 1.807) is 0 Å². The monoisotopic (exact) mass is 379 g/mol. The molecule has 6 heteroatoms. The maximum atomic E-state index is 11.9. The molecule has 0 bridgehead atoms. The minimum Gasteiger partial charge on any atom is -0.452 e. The fourth-order valence-corrected chi connectivity index (χ4v) is 2.83. The summed E-state index contributed by atoms with van der Waals surface area (Å²) in [5, 5.41) is 3.48. The van der Waals surface area contributed by atoms with Crippen molar-refractivity contribution in [1.82, 2.24) is 5.32 Å². The zero-order valence-electron chi connectivity index (χ0n) is 13.8. The minimum atomic E-state index is -0.642. The molecule has 0 fully saturated rings. The summed E-state index contributed by atoms with van der Waals surface area (Å²) in [6, 6.07) is 14.4. The van der Waals surface area contributed by atoms with E-state index in [1.165, 1.54) is 23.8 Å². The fraction of sp³-hybridized carbons (Fsp3) is 0.263. The summed E-state index contributed by atoms with van der Waals surface area (Å²) in [5.74, 6) is -0.987. The van der Waals surface area contributed by atoms with E-state index in [-0.39, 0.29) is 24.1 Å². The van der Waals surface area contributed by atoms with E-state index in [4.69, 9.17) is 27.9 Å². The predicted molar refractivity (Wildman–Crippen MR) is 99.1 cm³/mol. The van der Waals surface area contributed by atoms with Gasteiger partial charge in [0.2, 0.25) is 0 Å². The lowest BCUT2D eigenvalue weighted by molar-refractivity contribution is -0.124. The van der Waals surface area contributed by atoms with Crippen LogP contribution >= 0.6 is 23.2 Å². The van der Waals surface area contributed by atoms with Gasteiger partial charge in [0, 0.05) is 16.1 Å². The van der Waals surface area contributed by atoms with Crippen molar-refractivity contribution >= 4 is 35.1 Å². The lowest BCUT2D eigenvalue weighted by Gasteiger charge is -2.14. The SMILES string of the molecule is C[C@H](CCc1ccccc1)NC(=O)COC(=O)c1cc(Cl)cc(Cl)c1. The average molecular weight is 380 g/mol. The van der Waals surface area contributed by atoms with E-state index < -0.39 is 5.97 Å². The van der Waals surface area contributed by atoms with Gasteiger partial charge in [-0.2, -0.15) is 0 Å². The first kappa shape index (κ1) is 19.3. The van der Waals surface area contributed by atoms with Crippen LogP contribution in [0.2, 0.25) is 10.0 Å². The molecule has 0 heterocycles. The number of carbonyl (C=O) groups excluding carboxylic acids is 2. The van der Waals surface area contributed by atoms with Crippen LogP contribution in [0.1, 0.15) is 29.3 Å². The molecule has 2 aromatic carbocycles. The van der Waals surface area contributed by atoms with Gasteiger partial charge in [0.15, 0.2) is 6.61 Å². The van der Waals surface area contributed by atoms with E-state index in [1.807, 2.05) is 37.3 Å². The van der Waals surface area contributed by atoms with Crippen molar-refractivity contribution in [1.29, 1.82) is 0 Å². The highest BCUT2D eigenvalue weighted by atomic mass is 35.5. The highest BCUT2D eigenvalue weighted by Gasteiger charge is 2.13. The maximum absolute atomic E-state index is 11.9. The van der Waals surface area contributed by atoms with Crippen LogP contribution in [0, 0.1) is 0 Å². The van der Waals surface area contributed by atoms with Crippen molar-refractivity contribution in [2.75, 3.05) is 6.61 Å². The van der Waals surface area contributed by atoms with Crippen LogP contribution in [0.15, 0.2) is 48.5 Å². The molecule has 0 aliphatic rings. The molecule has 0 aliphatic carbocycles. The van der Waals surface area contributed by atoms with Crippen molar-refractivity contribution < 1.29 is 14.3 Å². The van der Waals surface area contributed by atoms with Gasteiger partial charge in [-0.15, -0.1) is 0 Å². The van der Waals surface area contributed by atoms with Gasteiger partial charge in [-0.05, 0) is 43.5 Å². The van der Waals surface area contributed by atoms with Crippen molar-refractivity contribution in [3.05, 3.63) is 69.7 Å². The van der Waals surface area contributed by atoms with Gasteiger partial charge < -0.3 is 10.1 Å². The van der Waals surface area contributed by atoms with Gasteiger partial charge in [-0.25, -0.2) is 4.79 Å². The number of amides is 1. The number of benzene rings is 2. The lowest BCUT2D eigenvalue weighted by Crippen LogP contribution is -2.36. The van der Waals surface area contributed by atoms with Gasteiger partial charge in [0.05, 0.1) is 5.56 Å². The van der Waals surface area contributed by atoms with Crippen molar-refractivity contribution in [2.45, 2.75) is 25.8 Å². The number of hydrogen-bond acceptors (Lipinski definition) is 3. The van der Waals surface area contributed by atoms with E-state index in [2.05, 4.69) is 5.32 Å². The first-order chi connectivity index (χ1) is 11.9. The number of hydrogen-bond donors (Lipinski definition) is 1. The zero-order chi connectivity index (χ0) is 18.2. The van der Waals surface area contributed by atoms with Crippen molar-refractivity contribution in [3.8, 4) is 0 Å². The summed E-state index contributed by atoms with van der Waals surface area (Å²) >= 11 is 11.7. The molecule has 0 aliphatic heterocycles. The molecule has 2 aromatic rings. The van der Waals surface area contributed by atoms with E-state index in [0.717, 1.165) is 12.8 Å². The number of halogens is 2. The smallest absolute Gasteiger partial charge is 0.338 e. The molecular formula is C19H19Cl2NO3. The highest BCUT2D eigenvalue weighted by molar-refractivity contribution is 6.35. The predicted octanol–water partition coefficient (Wildman–Crippen LogP) is 4.29. The second kappa shape index (κ2) is 9.44. The summed E-state index contributed by atoms with van der Waals surface area (Å²) < 4.78 is 5.00. The molecule has 1 amide bonds. The first-order valence-corrected chi connectivity index (χ1v) is 8.66. The van der Waals surface area contributed by atoms with E-state index >= 15 is 0 Å². The molecule has 4 nitrogen and oxygen atoms in total. The number of esters is 1. The molecule has 132 valence electrons. The largest absolute Gasteiger partial charge is 0.452 e. The second-order valence-corrected chi connectivity index (χ2v) is 6.60. The highest BCUT2D eigenvalue weighted by Crippen LogP contribution is 2.19. The summed E-state index contributed by atoms with van der Waals surface area (Å²) in [4.78, 5) is 23.8. The standard InChI is InChI=1S/C19H19Cl2NO3/c1-13(7-8-14-5-3-2-4-6-14)22-18(23)12-25-19(24)15-9-16(20)11-17(21)10-15/h2-6,9-11,13H,7-8,12H2,1H3,(H,22,23)/t13-/m1/s1. The molecule has 0 saturated heterocycles. The normalized spacial score (nSPS) is 11.6. The number of carbonyl (C=O) groups is 2. The summed E-state index contributed by atoms with van der Waals surface area (Å²) in [7, 11) is 0. The summed E-state index contributed by atoms with van der Waals surface area (Å²) in [6.07, 6.45) is 1.66. The molecule has 25 heavy (non-hydrogen) atoms. The third-order valence-corrected chi connectivity index (χ3v) is 3.99. The van der Waals surface area contributed by atoms with Gasteiger partial charge in [-0.1, -0.05) is 53.5 Å². The first-order valence-electron chi connectivity index (χ1n) is 7.90. The molecule has 0 radical (unpaired) electrons. The van der Waals surface area contributed by atoms with Gasteiger partial charge >= 0.3 is 5.97 Å². The third kappa shape index (κ3) is 6.77. The Morgan fingerprint density at radius 1 is 1.08 bits per heavy atom. The number of ether oxygens (including phenoxy) is 1. The molecule has 0 aromatic heterocycles. The summed E-state index contributed by atoms with van der Waals surface area (Å²) in [6.45, 7) is 1.57. The number of nitrogens with one attached hydrogen (secondary N) is 1. The lowest BCUT2D eigenvalue weighted by atomic mass is 10.1. The Morgan fingerprint density at radius 2 is 1.72 bits per heavy atom. The quantitative estimate of drug-likeness (QED) is 0.730. The molecule has 1 atom stereocenters. The van der Waals surface area contributed by atoms with Crippen LogP contribution in [0.3, 0.4) is 0 Å². The fourth-order valence-electron chi connectivity index (χ4n) is 2.30. The van der Waals surface area contributed by atoms with E-state index in [0.29, 0.717) is 10.0 Å². The van der Waals surface area contributed by atoms with Gasteiger partial charge in [-0.3, -0.25) is 4.79 Å². The Bertz CT molecular complexity index is 714. The summed E-state index contributed by atoms with van der Waals surface area (Å²) in [5.41, 5.74) is 1.43. The molecule has 0 saturated carbocycles.